The molecule has 1 aromatic heterocycles. The number of rotatable bonds is 11. The SMILES string of the molecule is CCCCN(CCCC)CC(O)c1cc(-c2ccccc2C(F)(F)F)nc(-c2ccccc2C(F)(F)F)c1. The largest absolute Gasteiger partial charge is 0.417 e. The Hall–Kier alpha value is -2.91. The molecule has 206 valence electrons. The predicted octanol–water partition coefficient (Wildman–Crippen LogP) is 8.39. The van der Waals surface area contributed by atoms with Gasteiger partial charge in [0.15, 0.2) is 0 Å². The molecule has 0 fully saturated rings. The number of hydrogen-bond donors (Lipinski definition) is 1. The standard InChI is InChI=1S/C29H32F6N2O/c1-3-5-15-37(16-6-4-2)19-27(38)20-17-25(21-11-7-9-13-23(21)28(30,31)32)36-26(18-20)22-12-8-10-14-24(22)29(33,34)35/h7-14,17-18,27,38H,3-6,15-16,19H2,1-2H3. The number of unbranched alkanes of at least 4 members (excludes halogenated alkanes) is 2. The Morgan fingerprint density at radius 1 is 0.737 bits per heavy atom. The molecule has 3 aromatic rings. The van der Waals surface area contributed by atoms with Crippen molar-refractivity contribution in [1.82, 2.24) is 9.88 Å². The van der Waals surface area contributed by atoms with Crippen LogP contribution >= 0.6 is 0 Å². The van der Waals surface area contributed by atoms with E-state index in [2.05, 4.69) is 9.88 Å². The molecule has 0 saturated heterocycles. The third-order valence-corrected chi connectivity index (χ3v) is 6.34. The van der Waals surface area contributed by atoms with Gasteiger partial charge < -0.3 is 10.0 Å². The number of aromatic nitrogens is 1. The monoisotopic (exact) mass is 538 g/mol. The van der Waals surface area contributed by atoms with Gasteiger partial charge in [0.25, 0.3) is 0 Å². The van der Waals surface area contributed by atoms with Crippen LogP contribution in [0, 0.1) is 0 Å². The zero-order valence-electron chi connectivity index (χ0n) is 21.4. The molecule has 0 radical (unpaired) electrons. The van der Waals surface area contributed by atoms with Gasteiger partial charge in [-0.3, -0.25) is 0 Å². The lowest BCUT2D eigenvalue weighted by molar-refractivity contribution is -0.137. The van der Waals surface area contributed by atoms with E-state index in [1.54, 1.807) is 0 Å². The summed E-state index contributed by atoms with van der Waals surface area (Å²) in [5, 5.41) is 11.2. The van der Waals surface area contributed by atoms with Gasteiger partial charge in [0.05, 0.1) is 28.6 Å². The second kappa shape index (κ2) is 12.8. The first kappa shape index (κ1) is 29.6. The van der Waals surface area contributed by atoms with E-state index < -0.39 is 29.6 Å². The van der Waals surface area contributed by atoms with Crippen molar-refractivity contribution in [3.63, 3.8) is 0 Å². The molecular weight excluding hydrogens is 506 g/mol. The van der Waals surface area contributed by atoms with Crippen LogP contribution in [0.25, 0.3) is 22.5 Å². The van der Waals surface area contributed by atoms with Crippen molar-refractivity contribution in [3.05, 3.63) is 77.4 Å². The fourth-order valence-corrected chi connectivity index (χ4v) is 4.34. The van der Waals surface area contributed by atoms with Crippen LogP contribution in [-0.4, -0.2) is 34.6 Å². The molecule has 1 N–H and O–H groups in total. The number of halogens is 6. The Morgan fingerprint density at radius 2 is 1.16 bits per heavy atom. The highest BCUT2D eigenvalue weighted by molar-refractivity contribution is 5.72. The first-order valence-electron chi connectivity index (χ1n) is 12.7. The molecule has 1 unspecified atom stereocenters. The van der Waals surface area contributed by atoms with E-state index in [0.717, 1.165) is 50.9 Å². The van der Waals surface area contributed by atoms with E-state index in [9.17, 15) is 31.4 Å². The third-order valence-electron chi connectivity index (χ3n) is 6.34. The zero-order valence-corrected chi connectivity index (χ0v) is 21.4. The maximum absolute atomic E-state index is 13.8. The Kier molecular flexibility index (Phi) is 9.95. The summed E-state index contributed by atoms with van der Waals surface area (Å²) < 4.78 is 82.9. The van der Waals surface area contributed by atoms with E-state index >= 15 is 0 Å². The van der Waals surface area contributed by atoms with Crippen LogP contribution < -0.4 is 0 Å². The number of pyridine rings is 1. The highest BCUT2D eigenvalue weighted by Crippen LogP contribution is 2.40. The summed E-state index contributed by atoms with van der Waals surface area (Å²) in [6.07, 6.45) is -6.83. The molecule has 2 aromatic carbocycles. The minimum Gasteiger partial charge on any atom is -0.387 e. The summed E-state index contributed by atoms with van der Waals surface area (Å²) in [5.74, 6) is 0. The van der Waals surface area contributed by atoms with Crippen LogP contribution in [0.2, 0.25) is 0 Å². The summed E-state index contributed by atoms with van der Waals surface area (Å²) in [5.41, 5.74) is -2.56. The Balaban J connectivity index is 2.17. The van der Waals surface area contributed by atoms with Crippen molar-refractivity contribution in [1.29, 1.82) is 0 Å². The quantitative estimate of drug-likeness (QED) is 0.249. The normalized spacial score (nSPS) is 13.2. The number of alkyl halides is 6. The smallest absolute Gasteiger partial charge is 0.387 e. The topological polar surface area (TPSA) is 36.4 Å². The summed E-state index contributed by atoms with van der Waals surface area (Å²) in [4.78, 5) is 6.33. The van der Waals surface area contributed by atoms with Crippen LogP contribution in [0.5, 0.6) is 0 Å². The van der Waals surface area contributed by atoms with Crippen LogP contribution in [0.4, 0.5) is 26.3 Å². The van der Waals surface area contributed by atoms with Crippen LogP contribution in [-0.2, 0) is 12.4 Å². The lowest BCUT2D eigenvalue weighted by Crippen LogP contribution is -2.30. The van der Waals surface area contributed by atoms with Gasteiger partial charge in [-0.15, -0.1) is 0 Å². The molecule has 3 nitrogen and oxygen atoms in total. The molecule has 0 amide bonds. The Bertz CT molecular complexity index is 1110. The summed E-state index contributed by atoms with van der Waals surface area (Å²) >= 11 is 0. The summed E-state index contributed by atoms with van der Waals surface area (Å²) in [6, 6.07) is 12.3. The second-order valence-corrected chi connectivity index (χ2v) is 9.28. The molecule has 0 saturated carbocycles. The number of aliphatic hydroxyl groups excluding tert-OH is 1. The fourth-order valence-electron chi connectivity index (χ4n) is 4.34. The highest BCUT2D eigenvalue weighted by atomic mass is 19.4. The van der Waals surface area contributed by atoms with E-state index in [-0.39, 0.29) is 34.6 Å². The summed E-state index contributed by atoms with van der Waals surface area (Å²) in [6.45, 7) is 5.75. The first-order valence-corrected chi connectivity index (χ1v) is 12.7. The van der Waals surface area contributed by atoms with Crippen LogP contribution in [0.15, 0.2) is 60.7 Å². The predicted molar refractivity (Wildman–Crippen MR) is 136 cm³/mol. The number of hydrogen-bond acceptors (Lipinski definition) is 3. The number of nitrogens with zero attached hydrogens (tertiary/aromatic N) is 2. The molecule has 0 aliphatic carbocycles. The van der Waals surface area contributed by atoms with Gasteiger partial charge in [-0.05, 0) is 55.8 Å². The minimum atomic E-state index is -4.70. The maximum Gasteiger partial charge on any atom is 0.417 e. The van der Waals surface area contributed by atoms with Crippen molar-refractivity contribution in [3.8, 4) is 22.5 Å². The minimum absolute atomic E-state index is 0.157. The highest BCUT2D eigenvalue weighted by Gasteiger charge is 2.35. The summed E-state index contributed by atoms with van der Waals surface area (Å²) in [7, 11) is 0. The molecule has 38 heavy (non-hydrogen) atoms. The second-order valence-electron chi connectivity index (χ2n) is 9.28. The van der Waals surface area contributed by atoms with Gasteiger partial charge in [0.1, 0.15) is 0 Å². The van der Waals surface area contributed by atoms with Crippen LogP contribution in [0.1, 0.15) is 62.3 Å². The number of aliphatic hydroxyl groups is 1. The average Bonchev–Trinajstić information content (AvgIpc) is 2.88. The van der Waals surface area contributed by atoms with Gasteiger partial charge in [-0.25, -0.2) is 4.98 Å². The molecule has 1 atom stereocenters. The van der Waals surface area contributed by atoms with Gasteiger partial charge >= 0.3 is 12.4 Å². The fraction of sp³-hybridized carbons (Fsp3) is 0.414. The molecule has 1 heterocycles. The lowest BCUT2D eigenvalue weighted by atomic mass is 9.96. The molecule has 0 aliphatic rings. The van der Waals surface area contributed by atoms with E-state index in [1.807, 2.05) is 13.8 Å². The molecule has 3 rings (SSSR count). The molecule has 9 heteroatoms. The van der Waals surface area contributed by atoms with Crippen molar-refractivity contribution in [2.45, 2.75) is 58.0 Å². The molecular formula is C29H32F6N2O. The van der Waals surface area contributed by atoms with Gasteiger partial charge in [-0.1, -0.05) is 63.1 Å². The molecule has 0 spiro atoms. The van der Waals surface area contributed by atoms with Crippen molar-refractivity contribution in [2.75, 3.05) is 19.6 Å². The van der Waals surface area contributed by atoms with Gasteiger partial charge in [0.2, 0.25) is 0 Å². The van der Waals surface area contributed by atoms with Crippen molar-refractivity contribution >= 4 is 0 Å². The van der Waals surface area contributed by atoms with Crippen LogP contribution in [0.3, 0.4) is 0 Å². The van der Waals surface area contributed by atoms with E-state index in [0.29, 0.717) is 0 Å². The van der Waals surface area contributed by atoms with Gasteiger partial charge in [0, 0.05) is 17.7 Å². The maximum atomic E-state index is 13.8. The molecule has 0 bridgehead atoms. The zero-order chi connectivity index (χ0) is 27.9. The number of benzene rings is 2. The van der Waals surface area contributed by atoms with E-state index in [1.165, 1.54) is 48.5 Å². The Morgan fingerprint density at radius 3 is 1.55 bits per heavy atom. The van der Waals surface area contributed by atoms with Gasteiger partial charge in [-0.2, -0.15) is 26.3 Å². The average molecular weight is 539 g/mol. The Labute approximate surface area is 219 Å². The van der Waals surface area contributed by atoms with Crippen molar-refractivity contribution in [2.24, 2.45) is 0 Å². The lowest BCUT2D eigenvalue weighted by Gasteiger charge is -2.26. The third kappa shape index (κ3) is 7.57. The molecule has 0 aliphatic heterocycles. The first-order chi connectivity index (χ1) is 18.0. The van der Waals surface area contributed by atoms with Crippen molar-refractivity contribution < 1.29 is 31.4 Å². The van der Waals surface area contributed by atoms with E-state index in [4.69, 9.17) is 0 Å².